The number of nitrogens with zero attached hydrogens (tertiary/aromatic N) is 4. The van der Waals surface area contributed by atoms with Crippen LogP contribution >= 0.6 is 0 Å². The number of hydrogen-bond acceptors (Lipinski definition) is 5. The molecule has 0 aliphatic rings. The molecule has 0 aliphatic carbocycles. The van der Waals surface area contributed by atoms with Crippen LogP contribution < -0.4 is 5.73 Å². The molecule has 3 heterocycles. The monoisotopic (exact) mass is 483 g/mol. The number of pyridine rings is 3. The number of fused-ring (bicyclic) bond motifs is 1. The molecule has 0 unspecified atom stereocenters. The fraction of sp³-hybridized carbons (Fsp3) is 0.200. The van der Waals surface area contributed by atoms with Crippen LogP contribution in [-0.4, -0.2) is 25.8 Å². The minimum atomic E-state index is -4.54. The number of carbonyl (C=O) groups excluding carboxylic acids is 1. The van der Waals surface area contributed by atoms with Gasteiger partial charge in [-0.05, 0) is 67.9 Å². The molecule has 0 aliphatic heterocycles. The fourth-order valence-electron chi connectivity index (χ4n) is 3.69. The standard InChI is InChI=1S/C25H21F4N5O/c1-14-10-17-11-16(5-8-21(17)33-23(14)30)24(35)34(15(2)22-20(26)4-3-9-31-22)13-19-7-6-18(12-32-19)25(27,28)29/h3-12,15H,13H2,1-2H3,(H2,30,33)/t15-/m0/s1. The highest BCUT2D eigenvalue weighted by atomic mass is 19.4. The van der Waals surface area contributed by atoms with Gasteiger partial charge in [-0.3, -0.25) is 14.8 Å². The van der Waals surface area contributed by atoms with Gasteiger partial charge in [-0.1, -0.05) is 0 Å². The van der Waals surface area contributed by atoms with E-state index >= 15 is 0 Å². The van der Waals surface area contributed by atoms with Crippen LogP contribution in [0.4, 0.5) is 23.4 Å². The van der Waals surface area contributed by atoms with E-state index < -0.39 is 29.5 Å². The second-order valence-electron chi connectivity index (χ2n) is 8.11. The summed E-state index contributed by atoms with van der Waals surface area (Å²) in [6.07, 6.45) is -2.42. The van der Waals surface area contributed by atoms with Gasteiger partial charge in [0.2, 0.25) is 0 Å². The quantitative estimate of drug-likeness (QED) is 0.380. The Hall–Kier alpha value is -4.08. The van der Waals surface area contributed by atoms with Crippen molar-refractivity contribution in [2.45, 2.75) is 32.6 Å². The zero-order chi connectivity index (χ0) is 25.3. The van der Waals surface area contributed by atoms with E-state index in [-0.39, 0.29) is 17.9 Å². The first kappa shape index (κ1) is 24.1. The van der Waals surface area contributed by atoms with Gasteiger partial charge in [0.25, 0.3) is 5.91 Å². The van der Waals surface area contributed by atoms with Crippen LogP contribution in [-0.2, 0) is 12.7 Å². The van der Waals surface area contributed by atoms with Crippen molar-refractivity contribution in [1.82, 2.24) is 19.9 Å². The van der Waals surface area contributed by atoms with E-state index in [1.54, 1.807) is 38.1 Å². The van der Waals surface area contributed by atoms with E-state index in [9.17, 15) is 22.4 Å². The van der Waals surface area contributed by atoms with E-state index in [1.165, 1.54) is 29.3 Å². The van der Waals surface area contributed by atoms with Gasteiger partial charge in [0.1, 0.15) is 11.6 Å². The van der Waals surface area contributed by atoms with Gasteiger partial charge in [0.15, 0.2) is 0 Å². The van der Waals surface area contributed by atoms with Crippen LogP contribution in [0.15, 0.2) is 60.9 Å². The molecule has 1 atom stereocenters. The number of aryl methyl sites for hydroxylation is 1. The molecule has 1 aromatic carbocycles. The lowest BCUT2D eigenvalue weighted by atomic mass is 10.1. The molecule has 35 heavy (non-hydrogen) atoms. The normalized spacial score (nSPS) is 12.5. The van der Waals surface area contributed by atoms with Crippen LogP contribution in [0, 0.1) is 12.7 Å². The van der Waals surface area contributed by atoms with Gasteiger partial charge < -0.3 is 10.6 Å². The number of aromatic nitrogens is 3. The van der Waals surface area contributed by atoms with Crippen molar-refractivity contribution >= 4 is 22.6 Å². The number of halogens is 4. The van der Waals surface area contributed by atoms with Crippen molar-refractivity contribution in [3.05, 3.63) is 94.8 Å². The summed E-state index contributed by atoms with van der Waals surface area (Å²) in [6, 6.07) is 10.6. The van der Waals surface area contributed by atoms with Crippen LogP contribution in [0.5, 0.6) is 0 Å². The zero-order valence-corrected chi connectivity index (χ0v) is 18.8. The number of alkyl halides is 3. The van der Waals surface area contributed by atoms with Gasteiger partial charge in [-0.25, -0.2) is 9.37 Å². The number of rotatable bonds is 5. The largest absolute Gasteiger partial charge is 0.417 e. The molecule has 3 aromatic heterocycles. The molecular weight excluding hydrogens is 462 g/mol. The maximum absolute atomic E-state index is 14.5. The summed E-state index contributed by atoms with van der Waals surface area (Å²) < 4.78 is 53.3. The molecule has 180 valence electrons. The third kappa shape index (κ3) is 5.06. The highest BCUT2D eigenvalue weighted by Gasteiger charge is 2.31. The average Bonchev–Trinajstić information content (AvgIpc) is 2.82. The molecule has 0 saturated carbocycles. The van der Waals surface area contributed by atoms with Gasteiger partial charge in [0.05, 0.1) is 35.1 Å². The van der Waals surface area contributed by atoms with Gasteiger partial charge >= 0.3 is 6.18 Å². The fourth-order valence-corrected chi connectivity index (χ4v) is 3.69. The van der Waals surface area contributed by atoms with Crippen molar-refractivity contribution in [1.29, 1.82) is 0 Å². The number of amides is 1. The lowest BCUT2D eigenvalue weighted by Crippen LogP contribution is -2.34. The molecule has 6 nitrogen and oxygen atoms in total. The second kappa shape index (κ2) is 9.28. The average molecular weight is 483 g/mol. The molecule has 0 saturated heterocycles. The number of hydrogen-bond donors (Lipinski definition) is 1. The summed E-state index contributed by atoms with van der Waals surface area (Å²) in [5.74, 6) is -0.696. The molecule has 2 N–H and O–H groups in total. The van der Waals surface area contributed by atoms with E-state index in [0.29, 0.717) is 28.5 Å². The molecule has 4 rings (SSSR count). The van der Waals surface area contributed by atoms with Crippen molar-refractivity contribution in [2.24, 2.45) is 0 Å². The summed E-state index contributed by atoms with van der Waals surface area (Å²) in [7, 11) is 0. The predicted molar refractivity (Wildman–Crippen MR) is 123 cm³/mol. The number of anilines is 1. The minimum absolute atomic E-state index is 0.0267. The Balaban J connectivity index is 1.73. The highest BCUT2D eigenvalue weighted by Crippen LogP contribution is 2.30. The summed E-state index contributed by atoms with van der Waals surface area (Å²) in [5, 5.41) is 0.687. The molecule has 4 aromatic rings. The van der Waals surface area contributed by atoms with E-state index in [4.69, 9.17) is 5.73 Å². The number of carbonyl (C=O) groups is 1. The molecule has 0 fully saturated rings. The van der Waals surface area contributed by atoms with Crippen molar-refractivity contribution < 1.29 is 22.4 Å². The third-order valence-corrected chi connectivity index (χ3v) is 5.69. The molecular formula is C25H21F4N5O. The Labute approximate surface area is 198 Å². The topological polar surface area (TPSA) is 85.0 Å². The van der Waals surface area contributed by atoms with Crippen molar-refractivity contribution in [3.63, 3.8) is 0 Å². The number of nitrogen functional groups attached to an aromatic ring is 1. The summed E-state index contributed by atoms with van der Waals surface area (Å²) >= 11 is 0. The first-order valence-electron chi connectivity index (χ1n) is 10.6. The lowest BCUT2D eigenvalue weighted by Gasteiger charge is -2.29. The van der Waals surface area contributed by atoms with Gasteiger partial charge in [-0.15, -0.1) is 0 Å². The molecule has 0 spiro atoms. The van der Waals surface area contributed by atoms with Gasteiger partial charge in [0, 0.05) is 23.3 Å². The highest BCUT2D eigenvalue weighted by molar-refractivity contribution is 5.98. The Morgan fingerprint density at radius 3 is 2.54 bits per heavy atom. The van der Waals surface area contributed by atoms with E-state index in [1.807, 2.05) is 0 Å². The van der Waals surface area contributed by atoms with Crippen LogP contribution in [0.1, 0.15) is 45.8 Å². The first-order chi connectivity index (χ1) is 16.5. The molecule has 1 amide bonds. The minimum Gasteiger partial charge on any atom is -0.383 e. The van der Waals surface area contributed by atoms with Crippen LogP contribution in [0.3, 0.4) is 0 Å². The first-order valence-corrected chi connectivity index (χ1v) is 10.6. The SMILES string of the molecule is Cc1cc2cc(C(=O)N(Cc3ccc(C(F)(F)F)cn3)[C@@H](C)c3ncccc3F)ccc2nc1N. The lowest BCUT2D eigenvalue weighted by molar-refractivity contribution is -0.137. The van der Waals surface area contributed by atoms with Gasteiger partial charge in [-0.2, -0.15) is 13.2 Å². The Bertz CT molecular complexity index is 1390. The number of nitrogens with two attached hydrogens (primary N) is 1. The Morgan fingerprint density at radius 1 is 1.11 bits per heavy atom. The Kier molecular flexibility index (Phi) is 6.38. The summed E-state index contributed by atoms with van der Waals surface area (Å²) in [4.78, 5) is 27.2. The number of benzene rings is 1. The zero-order valence-electron chi connectivity index (χ0n) is 18.8. The van der Waals surface area contributed by atoms with Crippen LogP contribution in [0.25, 0.3) is 10.9 Å². The van der Waals surface area contributed by atoms with E-state index in [0.717, 1.165) is 11.6 Å². The second-order valence-corrected chi connectivity index (χ2v) is 8.11. The molecule has 0 bridgehead atoms. The maximum atomic E-state index is 14.5. The third-order valence-electron chi connectivity index (χ3n) is 5.69. The maximum Gasteiger partial charge on any atom is 0.417 e. The summed E-state index contributed by atoms with van der Waals surface area (Å²) in [5.41, 5.74) is 6.84. The Morgan fingerprint density at radius 2 is 1.89 bits per heavy atom. The van der Waals surface area contributed by atoms with Crippen molar-refractivity contribution in [2.75, 3.05) is 5.73 Å². The van der Waals surface area contributed by atoms with Crippen molar-refractivity contribution in [3.8, 4) is 0 Å². The van der Waals surface area contributed by atoms with E-state index in [2.05, 4.69) is 15.0 Å². The molecule has 10 heteroatoms. The van der Waals surface area contributed by atoms with Crippen LogP contribution in [0.2, 0.25) is 0 Å². The smallest absolute Gasteiger partial charge is 0.383 e. The summed E-state index contributed by atoms with van der Waals surface area (Å²) in [6.45, 7) is 3.23. The predicted octanol–water partition coefficient (Wildman–Crippen LogP) is 5.48. The molecule has 0 radical (unpaired) electrons.